The number of ether oxygens (including phenoxy) is 1. The van der Waals surface area contributed by atoms with Gasteiger partial charge in [-0.05, 0) is 99.6 Å². The average molecular weight is 446 g/mol. The number of likely N-dealkylation sites (tertiary alicyclic amines) is 1. The quantitative estimate of drug-likeness (QED) is 0.471. The molecule has 174 valence electrons. The molecule has 0 N–H and O–H groups in total. The van der Waals surface area contributed by atoms with Crippen molar-refractivity contribution in [1.82, 2.24) is 9.47 Å². The third-order valence-electron chi connectivity index (χ3n) is 7.23. The van der Waals surface area contributed by atoms with Gasteiger partial charge in [-0.25, -0.2) is 0 Å². The van der Waals surface area contributed by atoms with Gasteiger partial charge in [-0.15, -0.1) is 0 Å². The molecule has 2 aliphatic heterocycles. The van der Waals surface area contributed by atoms with Crippen molar-refractivity contribution < 1.29 is 4.74 Å². The van der Waals surface area contributed by atoms with E-state index in [0.717, 1.165) is 53.8 Å². The highest BCUT2D eigenvalue weighted by Gasteiger charge is 2.29. The van der Waals surface area contributed by atoms with Gasteiger partial charge in [0.1, 0.15) is 5.75 Å². The van der Waals surface area contributed by atoms with E-state index in [1.807, 2.05) is 29.7 Å². The fraction of sp³-hybridized carbons (Fsp3) is 0.464. The summed E-state index contributed by atoms with van der Waals surface area (Å²) in [5.41, 5.74) is 3.12. The summed E-state index contributed by atoms with van der Waals surface area (Å²) >= 11 is 0. The molecule has 0 unspecified atom stereocenters. The molecule has 2 aromatic carbocycles. The van der Waals surface area contributed by atoms with Crippen molar-refractivity contribution in [1.29, 1.82) is 0 Å². The maximum absolute atomic E-state index is 13.4. The van der Waals surface area contributed by atoms with E-state index in [9.17, 15) is 4.79 Å². The summed E-state index contributed by atoms with van der Waals surface area (Å²) in [6.07, 6.45) is 6.07. The van der Waals surface area contributed by atoms with E-state index in [-0.39, 0.29) is 5.56 Å². The Hall–Kier alpha value is -2.79. The number of unbranched alkanes of at least 4 members (excludes halogenated alkanes) is 1. The second-order valence-corrected chi connectivity index (χ2v) is 9.53. The van der Waals surface area contributed by atoms with Crippen LogP contribution in [0.5, 0.6) is 5.75 Å². The first-order valence-corrected chi connectivity index (χ1v) is 12.5. The molecule has 0 saturated carbocycles. The number of aryl methyl sites for hydroxylation is 1. The molecule has 3 heterocycles. The number of anilines is 1. The molecule has 0 bridgehead atoms. The first-order chi connectivity index (χ1) is 16.1. The van der Waals surface area contributed by atoms with Gasteiger partial charge in [-0.2, -0.15) is 0 Å². The molecule has 2 aliphatic rings. The molecule has 5 rings (SSSR count). The zero-order valence-corrected chi connectivity index (χ0v) is 19.9. The summed E-state index contributed by atoms with van der Waals surface area (Å²) < 4.78 is 7.65. The minimum Gasteiger partial charge on any atom is -0.494 e. The lowest BCUT2D eigenvalue weighted by Crippen LogP contribution is -2.35. The maximum Gasteiger partial charge on any atom is 0.263 e. The van der Waals surface area contributed by atoms with Crippen molar-refractivity contribution in [3.05, 3.63) is 64.6 Å². The number of fused-ring (bicyclic) bond motifs is 1. The van der Waals surface area contributed by atoms with E-state index < -0.39 is 0 Å². The monoisotopic (exact) mass is 445 g/mol. The fourth-order valence-electron chi connectivity index (χ4n) is 5.36. The smallest absolute Gasteiger partial charge is 0.263 e. The van der Waals surface area contributed by atoms with Crippen molar-refractivity contribution in [3.8, 4) is 11.4 Å². The molecular formula is C28H35N3O2. The number of aromatic nitrogens is 1. The van der Waals surface area contributed by atoms with Crippen LogP contribution in [0.15, 0.2) is 53.3 Å². The Labute approximate surface area is 196 Å². The van der Waals surface area contributed by atoms with Crippen molar-refractivity contribution in [2.45, 2.75) is 52.0 Å². The Bertz CT molecular complexity index is 1160. The van der Waals surface area contributed by atoms with Crippen LogP contribution in [0.2, 0.25) is 0 Å². The first kappa shape index (κ1) is 22.0. The molecule has 3 aromatic rings. The lowest BCUT2D eigenvalue weighted by Gasteiger charge is -2.24. The van der Waals surface area contributed by atoms with E-state index in [1.165, 1.54) is 38.0 Å². The van der Waals surface area contributed by atoms with Gasteiger partial charge in [0.15, 0.2) is 0 Å². The average Bonchev–Trinajstić information content (AvgIpc) is 3.52. The number of nitrogens with zero attached hydrogens (tertiary/aromatic N) is 3. The van der Waals surface area contributed by atoms with E-state index in [1.54, 1.807) is 0 Å². The Kier molecular flexibility index (Phi) is 6.41. The molecular weight excluding hydrogens is 410 g/mol. The molecule has 1 atom stereocenters. The number of hydrogen-bond acceptors (Lipinski definition) is 4. The first-order valence-electron chi connectivity index (χ1n) is 12.5. The highest BCUT2D eigenvalue weighted by Crippen LogP contribution is 2.27. The zero-order valence-electron chi connectivity index (χ0n) is 19.9. The van der Waals surface area contributed by atoms with Gasteiger partial charge in [-0.3, -0.25) is 14.3 Å². The fourth-order valence-corrected chi connectivity index (χ4v) is 5.36. The van der Waals surface area contributed by atoms with Crippen LogP contribution in [0.4, 0.5) is 5.69 Å². The largest absolute Gasteiger partial charge is 0.494 e. The van der Waals surface area contributed by atoms with Crippen LogP contribution < -0.4 is 15.2 Å². The molecule has 5 nitrogen and oxygen atoms in total. The van der Waals surface area contributed by atoms with Gasteiger partial charge in [0.25, 0.3) is 5.56 Å². The van der Waals surface area contributed by atoms with Crippen molar-refractivity contribution in [2.24, 2.45) is 0 Å². The summed E-state index contributed by atoms with van der Waals surface area (Å²) in [5, 5.41) is 1.66. The summed E-state index contributed by atoms with van der Waals surface area (Å²) in [7, 11) is 0. The normalized spacial score (nSPS) is 19.0. The van der Waals surface area contributed by atoms with E-state index in [4.69, 9.17) is 4.74 Å². The van der Waals surface area contributed by atoms with Gasteiger partial charge in [0.2, 0.25) is 0 Å². The van der Waals surface area contributed by atoms with E-state index in [0.29, 0.717) is 12.6 Å². The predicted molar refractivity (Wildman–Crippen MR) is 136 cm³/mol. The number of hydrogen-bond donors (Lipinski definition) is 0. The second kappa shape index (κ2) is 9.60. The standard InChI is InChI=1S/C28H35N3O2/c1-3-4-17-33-26-11-12-27-22(19-26)18-21(2)31(28(27)32)24-9-7-23(8-10-24)30-16-13-25(20-30)29-14-5-6-15-29/h7-12,18-19,25H,3-6,13-17,20H2,1-2H3/t25-/m1/s1. The van der Waals surface area contributed by atoms with Gasteiger partial charge < -0.3 is 9.64 Å². The van der Waals surface area contributed by atoms with Crippen molar-refractivity contribution in [3.63, 3.8) is 0 Å². The van der Waals surface area contributed by atoms with Crippen LogP contribution in [0.25, 0.3) is 16.5 Å². The highest BCUT2D eigenvalue weighted by atomic mass is 16.5. The lowest BCUT2D eigenvalue weighted by atomic mass is 10.1. The molecule has 2 saturated heterocycles. The molecule has 0 radical (unpaired) electrons. The van der Waals surface area contributed by atoms with Crippen LogP contribution >= 0.6 is 0 Å². The van der Waals surface area contributed by atoms with Crippen LogP contribution in [-0.2, 0) is 0 Å². The van der Waals surface area contributed by atoms with Gasteiger partial charge >= 0.3 is 0 Å². The van der Waals surface area contributed by atoms with Crippen LogP contribution in [0, 0.1) is 6.92 Å². The minimum atomic E-state index is 0.0214. The Morgan fingerprint density at radius 2 is 1.73 bits per heavy atom. The van der Waals surface area contributed by atoms with Crippen molar-refractivity contribution in [2.75, 3.05) is 37.7 Å². The summed E-state index contributed by atoms with van der Waals surface area (Å²) in [6.45, 7) is 9.59. The summed E-state index contributed by atoms with van der Waals surface area (Å²) in [5.74, 6) is 0.828. The van der Waals surface area contributed by atoms with Gasteiger partial charge in [0.05, 0.1) is 6.61 Å². The molecule has 33 heavy (non-hydrogen) atoms. The van der Waals surface area contributed by atoms with E-state index >= 15 is 0 Å². The second-order valence-electron chi connectivity index (χ2n) is 9.53. The Balaban J connectivity index is 1.36. The van der Waals surface area contributed by atoms with Crippen LogP contribution in [-0.4, -0.2) is 48.3 Å². The van der Waals surface area contributed by atoms with Gasteiger partial charge in [0, 0.05) is 41.6 Å². The molecule has 0 aliphatic carbocycles. The molecule has 1 aromatic heterocycles. The van der Waals surface area contributed by atoms with Crippen LogP contribution in [0.3, 0.4) is 0 Å². The van der Waals surface area contributed by atoms with Crippen LogP contribution in [0.1, 0.15) is 44.7 Å². The zero-order chi connectivity index (χ0) is 22.8. The topological polar surface area (TPSA) is 37.7 Å². The Morgan fingerprint density at radius 3 is 2.48 bits per heavy atom. The van der Waals surface area contributed by atoms with Crippen molar-refractivity contribution >= 4 is 16.5 Å². The molecule has 2 fully saturated rings. The lowest BCUT2D eigenvalue weighted by molar-refractivity contribution is 0.260. The molecule has 0 spiro atoms. The number of rotatable bonds is 7. The summed E-state index contributed by atoms with van der Waals surface area (Å²) in [6, 6.07) is 17.1. The van der Waals surface area contributed by atoms with Gasteiger partial charge in [-0.1, -0.05) is 13.3 Å². The molecule has 5 heteroatoms. The molecule has 0 amide bonds. The number of pyridine rings is 1. The Morgan fingerprint density at radius 1 is 0.970 bits per heavy atom. The third kappa shape index (κ3) is 4.51. The SMILES string of the molecule is CCCCOc1ccc2c(=O)n(-c3ccc(N4CC[C@@H](N5CCCC5)C4)cc3)c(C)cc2c1. The minimum absolute atomic E-state index is 0.0214. The number of benzene rings is 2. The van der Waals surface area contributed by atoms with E-state index in [2.05, 4.69) is 47.1 Å². The third-order valence-corrected chi connectivity index (χ3v) is 7.23. The maximum atomic E-state index is 13.4. The summed E-state index contributed by atoms with van der Waals surface area (Å²) in [4.78, 5) is 18.5. The predicted octanol–water partition coefficient (Wildman–Crippen LogP) is 5.15. The highest BCUT2D eigenvalue weighted by molar-refractivity contribution is 5.84.